The number of nitro benzene ring substituents is 1. The van der Waals surface area contributed by atoms with E-state index in [1.54, 1.807) is 0 Å². The highest BCUT2D eigenvalue weighted by Crippen LogP contribution is 2.46. The third-order valence-corrected chi connectivity index (χ3v) is 6.53. The minimum atomic E-state index is -4.70. The minimum Gasteiger partial charge on any atom is -0.355 e. The van der Waals surface area contributed by atoms with E-state index in [9.17, 15) is 23.3 Å². The summed E-state index contributed by atoms with van der Waals surface area (Å²) in [6, 6.07) is 1.94. The summed E-state index contributed by atoms with van der Waals surface area (Å²) >= 11 is 1.04. The van der Waals surface area contributed by atoms with Crippen LogP contribution < -0.4 is 0 Å². The third-order valence-electron chi connectivity index (χ3n) is 5.33. The zero-order chi connectivity index (χ0) is 21.3. The van der Waals surface area contributed by atoms with Gasteiger partial charge in [-0.25, -0.2) is 4.99 Å². The molecule has 0 radical (unpaired) electrons. The summed E-state index contributed by atoms with van der Waals surface area (Å²) in [5.41, 5.74) is -1.58. The molecule has 2 aliphatic rings. The molecule has 2 heterocycles. The van der Waals surface area contributed by atoms with Gasteiger partial charge >= 0.3 is 6.18 Å². The van der Waals surface area contributed by atoms with Gasteiger partial charge in [0.2, 0.25) is 0 Å². The lowest BCUT2D eigenvalue weighted by molar-refractivity contribution is -0.388. The van der Waals surface area contributed by atoms with Crippen molar-refractivity contribution in [3.63, 3.8) is 0 Å². The molecule has 1 aromatic rings. The number of halogens is 3. The monoisotopic (exact) mass is 432 g/mol. The van der Waals surface area contributed by atoms with Gasteiger partial charge in [-0.15, -0.1) is 0 Å². The second-order valence-corrected chi connectivity index (χ2v) is 8.03. The molecule has 0 aliphatic carbocycles. The molecule has 2 aliphatic heterocycles. The number of nitro groups is 1. The number of aliphatic imine (C=N–C) groups is 1. The summed E-state index contributed by atoms with van der Waals surface area (Å²) in [5.74, 6) is 0. The summed E-state index contributed by atoms with van der Waals surface area (Å²) in [7, 11) is 1.33. The lowest BCUT2D eigenvalue weighted by atomic mass is 10.1. The number of piperazine rings is 1. The van der Waals surface area contributed by atoms with Crippen molar-refractivity contribution in [2.45, 2.75) is 43.6 Å². The van der Waals surface area contributed by atoms with Gasteiger partial charge in [0.1, 0.15) is 4.90 Å². The van der Waals surface area contributed by atoms with Crippen LogP contribution in [0.5, 0.6) is 0 Å². The molecule has 11 heteroatoms. The van der Waals surface area contributed by atoms with E-state index in [4.69, 9.17) is 4.74 Å². The van der Waals surface area contributed by atoms with E-state index in [2.05, 4.69) is 23.7 Å². The van der Waals surface area contributed by atoms with E-state index < -0.39 is 28.6 Å². The molecule has 0 saturated carbocycles. The first-order valence-corrected chi connectivity index (χ1v) is 10.1. The first-order chi connectivity index (χ1) is 13.7. The number of ether oxygens (including phenoxy) is 1. The number of amidine groups is 1. The lowest BCUT2D eigenvalue weighted by Gasteiger charge is -2.40. The number of benzene rings is 1. The van der Waals surface area contributed by atoms with Crippen LogP contribution in [-0.2, 0) is 10.9 Å². The molecule has 1 saturated heterocycles. The SMILES string of the molecule is CCC(C)N1CCN(C2=NC(OC)c3cc(C(F)(F)F)cc([N+](=O)[O-])c3S2)CC1. The van der Waals surface area contributed by atoms with Crippen molar-refractivity contribution in [1.82, 2.24) is 9.80 Å². The molecule has 1 aromatic carbocycles. The molecule has 0 amide bonds. The Hall–Kier alpha value is -1.85. The van der Waals surface area contributed by atoms with Crippen LogP contribution in [-0.4, -0.2) is 59.2 Å². The maximum atomic E-state index is 13.2. The van der Waals surface area contributed by atoms with Gasteiger partial charge in [-0.2, -0.15) is 13.2 Å². The molecule has 0 aromatic heterocycles. The zero-order valence-electron chi connectivity index (χ0n) is 16.4. The Labute approximate surface area is 171 Å². The number of alkyl halides is 3. The first-order valence-electron chi connectivity index (χ1n) is 9.32. The summed E-state index contributed by atoms with van der Waals surface area (Å²) in [4.78, 5) is 19.7. The van der Waals surface area contributed by atoms with Gasteiger partial charge in [-0.3, -0.25) is 15.0 Å². The van der Waals surface area contributed by atoms with Crippen molar-refractivity contribution in [2.24, 2.45) is 4.99 Å². The average Bonchev–Trinajstić information content (AvgIpc) is 2.70. The number of rotatable bonds is 4. The van der Waals surface area contributed by atoms with E-state index >= 15 is 0 Å². The molecule has 2 atom stereocenters. The molecule has 1 fully saturated rings. The van der Waals surface area contributed by atoms with Crippen LogP contribution in [0.25, 0.3) is 0 Å². The molecule has 0 spiro atoms. The predicted molar refractivity (Wildman–Crippen MR) is 104 cm³/mol. The van der Waals surface area contributed by atoms with E-state index in [1.807, 2.05) is 4.90 Å². The molecule has 7 nitrogen and oxygen atoms in total. The molecule has 0 N–H and O–H groups in total. The van der Waals surface area contributed by atoms with E-state index in [0.717, 1.165) is 37.3 Å². The number of methoxy groups -OCH3 is 1. The highest BCUT2D eigenvalue weighted by molar-refractivity contribution is 8.14. The number of hydrogen-bond acceptors (Lipinski definition) is 7. The van der Waals surface area contributed by atoms with Crippen LogP contribution >= 0.6 is 11.8 Å². The fourth-order valence-corrected chi connectivity index (χ4v) is 4.61. The predicted octanol–water partition coefficient (Wildman–Crippen LogP) is 4.14. The van der Waals surface area contributed by atoms with Gasteiger partial charge in [-0.05, 0) is 31.2 Å². The zero-order valence-corrected chi connectivity index (χ0v) is 17.2. The van der Waals surface area contributed by atoms with Gasteiger partial charge < -0.3 is 9.64 Å². The highest BCUT2D eigenvalue weighted by Gasteiger charge is 2.39. The molecule has 3 rings (SSSR count). The summed E-state index contributed by atoms with van der Waals surface area (Å²) < 4.78 is 44.9. The first kappa shape index (κ1) is 21.8. The number of hydrogen-bond donors (Lipinski definition) is 0. The smallest absolute Gasteiger partial charge is 0.355 e. The third kappa shape index (κ3) is 4.51. The van der Waals surface area contributed by atoms with Crippen LogP contribution in [0.3, 0.4) is 0 Å². The van der Waals surface area contributed by atoms with E-state index in [1.165, 1.54) is 7.11 Å². The maximum absolute atomic E-state index is 13.2. The Morgan fingerprint density at radius 3 is 2.52 bits per heavy atom. The Kier molecular flexibility index (Phi) is 6.39. The topological polar surface area (TPSA) is 71.2 Å². The highest BCUT2D eigenvalue weighted by atomic mass is 32.2. The quantitative estimate of drug-likeness (QED) is 0.526. The molecular weight excluding hydrogens is 409 g/mol. The Morgan fingerprint density at radius 2 is 2.00 bits per heavy atom. The largest absolute Gasteiger partial charge is 0.416 e. The number of thioether (sulfide) groups is 1. The average molecular weight is 432 g/mol. The van der Waals surface area contributed by atoms with Gasteiger partial charge in [0.25, 0.3) is 5.69 Å². The van der Waals surface area contributed by atoms with Crippen molar-refractivity contribution in [2.75, 3.05) is 33.3 Å². The van der Waals surface area contributed by atoms with Crippen LogP contribution in [0.4, 0.5) is 18.9 Å². The van der Waals surface area contributed by atoms with Crippen molar-refractivity contribution in [3.8, 4) is 0 Å². The molecule has 29 heavy (non-hydrogen) atoms. The maximum Gasteiger partial charge on any atom is 0.416 e. The van der Waals surface area contributed by atoms with Gasteiger partial charge in [0, 0.05) is 51.0 Å². The van der Waals surface area contributed by atoms with Crippen molar-refractivity contribution in [3.05, 3.63) is 33.4 Å². The van der Waals surface area contributed by atoms with E-state index in [-0.39, 0.29) is 10.5 Å². The number of nitrogens with zero attached hydrogens (tertiary/aromatic N) is 4. The van der Waals surface area contributed by atoms with Gasteiger partial charge in [0.15, 0.2) is 11.4 Å². The van der Waals surface area contributed by atoms with Crippen molar-refractivity contribution < 1.29 is 22.8 Å². The van der Waals surface area contributed by atoms with Gasteiger partial charge in [-0.1, -0.05) is 6.92 Å². The Bertz CT molecular complexity index is 810. The normalized spacial score (nSPS) is 21.5. The lowest BCUT2D eigenvalue weighted by Crippen LogP contribution is -2.51. The van der Waals surface area contributed by atoms with Crippen LogP contribution in [0.2, 0.25) is 0 Å². The van der Waals surface area contributed by atoms with Gasteiger partial charge in [0.05, 0.1) is 10.5 Å². The summed E-state index contributed by atoms with van der Waals surface area (Å²) in [5, 5.41) is 12.0. The standard InChI is InChI=1S/C18H23F3N4O3S/c1-4-11(2)23-5-7-24(8-6-23)17-22-16(28-3)13-9-12(18(19,20)21)10-14(25(26)27)15(13)29-17/h9-11,16H,4-8H2,1-3H3. The minimum absolute atomic E-state index is 0.0704. The molecular formula is C18H23F3N4O3S. The fourth-order valence-electron chi connectivity index (χ4n) is 3.45. The summed E-state index contributed by atoms with van der Waals surface area (Å²) in [6.07, 6.45) is -4.67. The second kappa shape index (κ2) is 8.49. The van der Waals surface area contributed by atoms with Crippen LogP contribution in [0.15, 0.2) is 22.0 Å². The van der Waals surface area contributed by atoms with Crippen molar-refractivity contribution in [1.29, 1.82) is 0 Å². The molecule has 2 unspecified atom stereocenters. The van der Waals surface area contributed by atoms with Crippen molar-refractivity contribution >= 4 is 22.6 Å². The number of fused-ring (bicyclic) bond motifs is 1. The Balaban J connectivity index is 1.92. The fraction of sp³-hybridized carbons (Fsp3) is 0.611. The van der Waals surface area contributed by atoms with E-state index in [0.29, 0.717) is 30.4 Å². The second-order valence-electron chi connectivity index (χ2n) is 7.05. The Morgan fingerprint density at radius 1 is 1.34 bits per heavy atom. The summed E-state index contributed by atoms with van der Waals surface area (Å²) in [6.45, 7) is 7.34. The molecule has 0 bridgehead atoms. The van der Waals surface area contributed by atoms with Crippen LogP contribution in [0, 0.1) is 10.1 Å². The molecule has 160 valence electrons. The van der Waals surface area contributed by atoms with Crippen LogP contribution in [0.1, 0.15) is 37.6 Å².